The highest BCUT2D eigenvalue weighted by atomic mass is 32.1. The highest BCUT2D eigenvalue weighted by Crippen LogP contribution is 2.35. The van der Waals surface area contributed by atoms with E-state index in [1.807, 2.05) is 11.4 Å². The van der Waals surface area contributed by atoms with Crippen LogP contribution in [0.2, 0.25) is 0 Å². The molecule has 5 heteroatoms. The van der Waals surface area contributed by atoms with E-state index in [4.69, 9.17) is 5.73 Å². The normalized spacial score (nSPS) is 16.7. The molecule has 1 aromatic carbocycles. The van der Waals surface area contributed by atoms with E-state index < -0.39 is 0 Å². The van der Waals surface area contributed by atoms with E-state index in [1.54, 1.807) is 11.3 Å². The van der Waals surface area contributed by atoms with Crippen LogP contribution in [0.3, 0.4) is 0 Å². The van der Waals surface area contributed by atoms with Gasteiger partial charge in [0.15, 0.2) is 0 Å². The predicted octanol–water partition coefficient (Wildman–Crippen LogP) is 3.03. The summed E-state index contributed by atoms with van der Waals surface area (Å²) in [5.74, 6) is 1.74. The molecule has 3 aromatic rings. The first-order valence-electron chi connectivity index (χ1n) is 6.63. The van der Waals surface area contributed by atoms with Crippen molar-refractivity contribution >= 4 is 33.3 Å². The van der Waals surface area contributed by atoms with E-state index in [2.05, 4.69) is 39.6 Å². The zero-order valence-electron chi connectivity index (χ0n) is 10.8. The molecule has 2 aromatic heterocycles. The highest BCUT2D eigenvalue weighted by Gasteiger charge is 2.25. The number of aromatic nitrogens is 2. The van der Waals surface area contributed by atoms with Gasteiger partial charge in [-0.2, -0.15) is 4.98 Å². The first kappa shape index (κ1) is 11.7. The summed E-state index contributed by atoms with van der Waals surface area (Å²) in [6.07, 6.45) is 1.14. The number of nitrogens with one attached hydrogen (secondary N) is 1. The lowest BCUT2D eigenvalue weighted by Crippen LogP contribution is -2.24. The van der Waals surface area contributed by atoms with Gasteiger partial charge in [-0.15, -0.1) is 11.3 Å². The number of hydrogen-bond acceptors (Lipinski definition) is 5. The van der Waals surface area contributed by atoms with Gasteiger partial charge in [0.05, 0.1) is 5.39 Å². The van der Waals surface area contributed by atoms with Crippen LogP contribution in [-0.2, 0) is 6.42 Å². The van der Waals surface area contributed by atoms with Crippen molar-refractivity contribution in [2.24, 2.45) is 0 Å². The van der Waals surface area contributed by atoms with Crippen molar-refractivity contribution in [2.45, 2.75) is 12.3 Å². The second kappa shape index (κ2) is 4.45. The minimum atomic E-state index is 0.330. The molecule has 0 spiro atoms. The fraction of sp³-hybridized carbons (Fsp3) is 0.200. The zero-order valence-corrected chi connectivity index (χ0v) is 11.7. The molecule has 3 N–H and O–H groups in total. The van der Waals surface area contributed by atoms with E-state index in [9.17, 15) is 0 Å². The van der Waals surface area contributed by atoms with Crippen LogP contribution in [0.4, 0.5) is 11.8 Å². The van der Waals surface area contributed by atoms with Crippen LogP contribution in [0.1, 0.15) is 17.0 Å². The number of rotatable bonds is 3. The SMILES string of the molecule is Nc1nc(NCC2Cc3ccccc32)c2ccsc2n1. The van der Waals surface area contributed by atoms with E-state index in [-0.39, 0.29) is 0 Å². The maximum Gasteiger partial charge on any atom is 0.223 e. The van der Waals surface area contributed by atoms with Crippen molar-refractivity contribution in [3.63, 3.8) is 0 Å². The van der Waals surface area contributed by atoms with Crippen molar-refractivity contribution in [3.8, 4) is 0 Å². The number of nitrogens with zero attached hydrogens (tertiary/aromatic N) is 2. The monoisotopic (exact) mass is 282 g/mol. The molecular formula is C15H14N4S. The Balaban J connectivity index is 1.56. The lowest BCUT2D eigenvalue weighted by Gasteiger charge is -2.30. The number of anilines is 2. The second-order valence-corrected chi connectivity index (χ2v) is 5.95. The lowest BCUT2D eigenvalue weighted by molar-refractivity contribution is 0.635. The van der Waals surface area contributed by atoms with Crippen molar-refractivity contribution in [1.82, 2.24) is 9.97 Å². The molecule has 100 valence electrons. The highest BCUT2D eigenvalue weighted by molar-refractivity contribution is 7.16. The summed E-state index contributed by atoms with van der Waals surface area (Å²) >= 11 is 1.59. The quantitative estimate of drug-likeness (QED) is 0.775. The Hall–Kier alpha value is -2.14. The van der Waals surface area contributed by atoms with Crippen LogP contribution >= 0.6 is 11.3 Å². The van der Waals surface area contributed by atoms with Gasteiger partial charge in [0.2, 0.25) is 5.95 Å². The first-order chi connectivity index (χ1) is 9.81. The van der Waals surface area contributed by atoms with Crippen LogP contribution in [-0.4, -0.2) is 16.5 Å². The van der Waals surface area contributed by atoms with E-state index in [1.165, 1.54) is 11.1 Å². The number of thiophene rings is 1. The Morgan fingerprint density at radius 1 is 1.25 bits per heavy atom. The van der Waals surface area contributed by atoms with Gasteiger partial charge < -0.3 is 11.1 Å². The average Bonchev–Trinajstić information content (AvgIpc) is 2.87. The summed E-state index contributed by atoms with van der Waals surface area (Å²) in [7, 11) is 0. The largest absolute Gasteiger partial charge is 0.369 e. The summed E-state index contributed by atoms with van der Waals surface area (Å²) < 4.78 is 0. The van der Waals surface area contributed by atoms with Crippen molar-refractivity contribution in [3.05, 3.63) is 46.8 Å². The summed E-state index contributed by atoms with van der Waals surface area (Å²) in [5, 5.41) is 6.50. The van der Waals surface area contributed by atoms with Gasteiger partial charge in [-0.05, 0) is 29.0 Å². The van der Waals surface area contributed by atoms with E-state index in [0.717, 1.165) is 29.0 Å². The maximum absolute atomic E-state index is 5.76. The Bertz CT molecular complexity index is 780. The average molecular weight is 282 g/mol. The standard InChI is InChI=1S/C15H14N4S/c16-15-18-13(12-5-6-20-14(12)19-15)17-8-10-7-9-3-1-2-4-11(9)10/h1-6,10H,7-8H2,(H3,16,17,18,19). The molecule has 1 atom stereocenters. The Morgan fingerprint density at radius 2 is 2.15 bits per heavy atom. The van der Waals surface area contributed by atoms with Crippen molar-refractivity contribution in [1.29, 1.82) is 0 Å². The minimum Gasteiger partial charge on any atom is -0.369 e. The molecule has 0 saturated carbocycles. The molecule has 1 aliphatic rings. The van der Waals surface area contributed by atoms with Gasteiger partial charge >= 0.3 is 0 Å². The molecule has 0 bridgehead atoms. The molecule has 0 amide bonds. The van der Waals surface area contributed by atoms with Gasteiger partial charge in [-0.3, -0.25) is 0 Å². The van der Waals surface area contributed by atoms with Crippen LogP contribution < -0.4 is 11.1 Å². The van der Waals surface area contributed by atoms with Crippen LogP contribution in [0, 0.1) is 0 Å². The van der Waals surface area contributed by atoms with Crippen molar-refractivity contribution < 1.29 is 0 Å². The summed E-state index contributed by atoms with van der Waals surface area (Å²) in [6, 6.07) is 10.6. The van der Waals surface area contributed by atoms with Crippen molar-refractivity contribution in [2.75, 3.05) is 17.6 Å². The van der Waals surface area contributed by atoms with E-state index in [0.29, 0.717) is 11.9 Å². The van der Waals surface area contributed by atoms with E-state index >= 15 is 0 Å². The molecule has 1 unspecified atom stereocenters. The number of nitrogen functional groups attached to an aromatic ring is 1. The third-order valence-corrected chi connectivity index (χ3v) is 4.63. The van der Waals surface area contributed by atoms with Gasteiger partial charge in [-0.1, -0.05) is 24.3 Å². The molecule has 0 fully saturated rings. The fourth-order valence-corrected chi connectivity index (χ4v) is 3.54. The second-order valence-electron chi connectivity index (χ2n) is 5.05. The molecular weight excluding hydrogens is 268 g/mol. The number of fused-ring (bicyclic) bond motifs is 2. The summed E-state index contributed by atoms with van der Waals surface area (Å²) in [6.45, 7) is 0.887. The third kappa shape index (κ3) is 1.82. The number of benzene rings is 1. The zero-order chi connectivity index (χ0) is 13.5. The van der Waals surface area contributed by atoms with Gasteiger partial charge in [-0.25, -0.2) is 4.98 Å². The molecule has 4 rings (SSSR count). The fourth-order valence-electron chi connectivity index (χ4n) is 2.77. The predicted molar refractivity (Wildman–Crippen MR) is 83.2 cm³/mol. The minimum absolute atomic E-state index is 0.330. The smallest absolute Gasteiger partial charge is 0.223 e. The van der Waals surface area contributed by atoms with Gasteiger partial charge in [0, 0.05) is 12.5 Å². The molecule has 2 heterocycles. The molecule has 20 heavy (non-hydrogen) atoms. The van der Waals surface area contributed by atoms with Gasteiger partial charge in [0.1, 0.15) is 10.6 Å². The van der Waals surface area contributed by atoms with Gasteiger partial charge in [0.25, 0.3) is 0 Å². The number of hydrogen-bond donors (Lipinski definition) is 2. The third-order valence-electron chi connectivity index (χ3n) is 3.82. The molecule has 0 radical (unpaired) electrons. The Labute approximate surface area is 120 Å². The maximum atomic E-state index is 5.76. The molecule has 1 aliphatic carbocycles. The first-order valence-corrected chi connectivity index (χ1v) is 7.51. The molecule has 0 saturated heterocycles. The topological polar surface area (TPSA) is 63.8 Å². The lowest BCUT2D eigenvalue weighted by atomic mass is 9.77. The van der Waals surface area contributed by atoms with Crippen LogP contribution in [0.15, 0.2) is 35.7 Å². The molecule has 0 aliphatic heterocycles. The summed E-state index contributed by atoms with van der Waals surface area (Å²) in [4.78, 5) is 9.50. The molecule has 4 nitrogen and oxygen atoms in total. The number of nitrogens with two attached hydrogens (primary N) is 1. The summed E-state index contributed by atoms with van der Waals surface area (Å²) in [5.41, 5.74) is 8.67. The Kier molecular flexibility index (Phi) is 2.60. The van der Waals surface area contributed by atoms with Crippen LogP contribution in [0.25, 0.3) is 10.2 Å². The Morgan fingerprint density at radius 3 is 3.05 bits per heavy atom. The van der Waals surface area contributed by atoms with Crippen LogP contribution in [0.5, 0.6) is 0 Å².